The Hall–Kier alpha value is -2.57. The summed E-state index contributed by atoms with van der Waals surface area (Å²) in [5.74, 6) is 1.95. The number of nitrogens with one attached hydrogen (secondary N) is 1. The number of hydrogen-bond donors (Lipinski definition) is 1. The molecule has 172 valence electrons. The van der Waals surface area contributed by atoms with Crippen molar-refractivity contribution in [2.45, 2.75) is 33.5 Å². The molecular weight excluding hydrogens is 400 g/mol. The van der Waals surface area contributed by atoms with Crippen LogP contribution in [-0.4, -0.2) is 66.4 Å². The molecule has 2 atom stereocenters. The Bertz CT molecular complexity index is 1030. The zero-order chi connectivity index (χ0) is 22.8. The van der Waals surface area contributed by atoms with E-state index in [0.717, 1.165) is 47.7 Å². The molecule has 1 aromatic carbocycles. The van der Waals surface area contributed by atoms with Crippen LogP contribution in [0.2, 0.25) is 0 Å². The van der Waals surface area contributed by atoms with Gasteiger partial charge in [0.05, 0.1) is 23.9 Å². The first kappa shape index (κ1) is 22.6. The topological polar surface area (TPSA) is 53.6 Å². The largest absolute Gasteiger partial charge is 0.493 e. The third-order valence-corrected chi connectivity index (χ3v) is 6.34. The first-order valence-corrected chi connectivity index (χ1v) is 11.5. The van der Waals surface area contributed by atoms with E-state index in [1.54, 1.807) is 0 Å². The molecule has 2 heterocycles. The van der Waals surface area contributed by atoms with Gasteiger partial charge in [-0.05, 0) is 64.7 Å². The molecule has 0 bridgehead atoms. The van der Waals surface area contributed by atoms with E-state index in [1.807, 2.05) is 13.8 Å². The number of likely N-dealkylation sites (N-methyl/N-ethyl adjacent to an activating group) is 1. The highest BCUT2D eigenvalue weighted by Crippen LogP contribution is 2.36. The predicted octanol–water partition coefficient (Wildman–Crippen LogP) is 4.35. The number of benzene rings is 1. The van der Waals surface area contributed by atoms with Crippen molar-refractivity contribution < 1.29 is 9.47 Å². The van der Waals surface area contributed by atoms with Gasteiger partial charge in [-0.3, -0.25) is 5.10 Å². The smallest absolute Gasteiger partial charge is 0.115 e. The van der Waals surface area contributed by atoms with Gasteiger partial charge in [-0.25, -0.2) is 0 Å². The Labute approximate surface area is 191 Å². The molecule has 1 fully saturated rings. The van der Waals surface area contributed by atoms with Crippen LogP contribution in [0.4, 0.5) is 0 Å². The van der Waals surface area contributed by atoms with Gasteiger partial charge in [0, 0.05) is 48.1 Å². The Morgan fingerprint density at radius 2 is 2.06 bits per heavy atom. The minimum atomic E-state index is 0.180. The molecule has 1 aromatic heterocycles. The number of ether oxygens (including phenoxy) is 2. The van der Waals surface area contributed by atoms with Crippen LogP contribution < -0.4 is 0 Å². The SMILES string of the molecule is C=C(c1cc2c(COC(C)C)[nH]nc2cc1C)N1CC2C=CC(OCCN(C)C)=CC2C1. The van der Waals surface area contributed by atoms with Crippen LogP contribution in [0, 0.1) is 18.8 Å². The number of fused-ring (bicyclic) bond motifs is 2. The minimum Gasteiger partial charge on any atom is -0.493 e. The van der Waals surface area contributed by atoms with E-state index < -0.39 is 0 Å². The van der Waals surface area contributed by atoms with Crippen molar-refractivity contribution in [3.63, 3.8) is 0 Å². The Balaban J connectivity index is 1.48. The highest BCUT2D eigenvalue weighted by atomic mass is 16.5. The van der Waals surface area contributed by atoms with Crippen LogP contribution in [0.1, 0.15) is 30.7 Å². The van der Waals surface area contributed by atoms with Crippen LogP contribution in [-0.2, 0) is 16.1 Å². The lowest BCUT2D eigenvalue weighted by Crippen LogP contribution is -2.19. The Kier molecular flexibility index (Phi) is 6.72. The van der Waals surface area contributed by atoms with Gasteiger partial charge in [0.15, 0.2) is 0 Å². The maximum atomic E-state index is 5.96. The van der Waals surface area contributed by atoms with Gasteiger partial charge in [-0.15, -0.1) is 0 Å². The normalized spacial score (nSPS) is 20.3. The number of H-pyrrole nitrogens is 1. The molecule has 0 amide bonds. The zero-order valence-corrected chi connectivity index (χ0v) is 20.0. The van der Waals surface area contributed by atoms with Crippen molar-refractivity contribution in [3.05, 3.63) is 59.5 Å². The van der Waals surface area contributed by atoms with Crippen molar-refractivity contribution >= 4 is 16.6 Å². The minimum absolute atomic E-state index is 0.180. The van der Waals surface area contributed by atoms with E-state index in [4.69, 9.17) is 9.47 Å². The number of likely N-dealkylation sites (tertiary alicyclic amines) is 1. The lowest BCUT2D eigenvalue weighted by Gasteiger charge is -2.23. The summed E-state index contributed by atoms with van der Waals surface area (Å²) in [6.45, 7) is 14.8. The van der Waals surface area contributed by atoms with E-state index >= 15 is 0 Å². The molecule has 2 aliphatic rings. The molecule has 2 aromatic rings. The number of aromatic amines is 1. The molecule has 1 saturated heterocycles. The molecule has 0 spiro atoms. The number of aryl methyl sites for hydroxylation is 1. The van der Waals surface area contributed by atoms with Gasteiger partial charge in [0.1, 0.15) is 12.4 Å². The summed E-state index contributed by atoms with van der Waals surface area (Å²) < 4.78 is 11.8. The predicted molar refractivity (Wildman–Crippen MR) is 130 cm³/mol. The van der Waals surface area contributed by atoms with Gasteiger partial charge in [-0.1, -0.05) is 12.7 Å². The first-order chi connectivity index (χ1) is 15.3. The summed E-state index contributed by atoms with van der Waals surface area (Å²) in [6.07, 6.45) is 6.91. The molecular formula is C26H36N4O2. The summed E-state index contributed by atoms with van der Waals surface area (Å²) in [7, 11) is 4.13. The highest BCUT2D eigenvalue weighted by Gasteiger charge is 2.33. The Morgan fingerprint density at radius 1 is 1.28 bits per heavy atom. The van der Waals surface area contributed by atoms with Crippen LogP contribution in [0.25, 0.3) is 16.6 Å². The molecule has 6 nitrogen and oxygen atoms in total. The van der Waals surface area contributed by atoms with Crippen molar-refractivity contribution in [1.29, 1.82) is 0 Å². The third-order valence-electron chi connectivity index (χ3n) is 6.34. The van der Waals surface area contributed by atoms with Crippen molar-refractivity contribution in [2.24, 2.45) is 11.8 Å². The van der Waals surface area contributed by atoms with E-state index in [0.29, 0.717) is 25.0 Å². The van der Waals surface area contributed by atoms with Crippen molar-refractivity contribution in [1.82, 2.24) is 20.0 Å². The second-order valence-electron chi connectivity index (χ2n) is 9.51. The lowest BCUT2D eigenvalue weighted by molar-refractivity contribution is 0.0642. The molecule has 6 heteroatoms. The molecule has 0 radical (unpaired) electrons. The monoisotopic (exact) mass is 436 g/mol. The lowest BCUT2D eigenvalue weighted by atomic mass is 9.91. The quantitative estimate of drug-likeness (QED) is 0.633. The average molecular weight is 437 g/mol. The molecule has 4 rings (SSSR count). The van der Waals surface area contributed by atoms with Crippen LogP contribution in [0.5, 0.6) is 0 Å². The number of nitrogens with zero attached hydrogens (tertiary/aromatic N) is 3. The molecule has 2 unspecified atom stereocenters. The molecule has 1 aliphatic carbocycles. The van der Waals surface area contributed by atoms with E-state index in [1.165, 1.54) is 11.1 Å². The maximum absolute atomic E-state index is 5.96. The van der Waals surface area contributed by atoms with E-state index in [9.17, 15) is 0 Å². The summed E-state index contributed by atoms with van der Waals surface area (Å²) >= 11 is 0. The summed E-state index contributed by atoms with van der Waals surface area (Å²) in [5, 5.41) is 8.74. The molecule has 0 saturated carbocycles. The van der Waals surface area contributed by atoms with Gasteiger partial charge >= 0.3 is 0 Å². The van der Waals surface area contributed by atoms with Gasteiger partial charge < -0.3 is 19.3 Å². The summed E-state index contributed by atoms with van der Waals surface area (Å²) in [5.41, 5.74) is 5.44. The fourth-order valence-electron chi connectivity index (χ4n) is 4.44. The number of aromatic nitrogens is 2. The third kappa shape index (κ3) is 4.92. The van der Waals surface area contributed by atoms with Gasteiger partial charge in [0.2, 0.25) is 0 Å². The van der Waals surface area contributed by atoms with E-state index in [2.05, 4.69) is 78.0 Å². The standard InChI is InChI=1S/C26H36N4O2/c1-17(2)32-16-26-24-13-23(18(3)11-25(24)27-28-26)19(4)30-14-20-7-8-22(12-21(20)15-30)31-10-9-29(5)6/h7-8,11-13,17,20-21H,4,9-10,14-16H2,1-3,5-6H3,(H,27,28). The average Bonchev–Trinajstić information content (AvgIpc) is 3.34. The molecule has 1 aliphatic heterocycles. The zero-order valence-electron chi connectivity index (χ0n) is 20.0. The van der Waals surface area contributed by atoms with Gasteiger partial charge in [0.25, 0.3) is 0 Å². The van der Waals surface area contributed by atoms with Crippen molar-refractivity contribution in [2.75, 3.05) is 40.3 Å². The van der Waals surface area contributed by atoms with E-state index in [-0.39, 0.29) is 6.10 Å². The second-order valence-corrected chi connectivity index (χ2v) is 9.51. The second kappa shape index (κ2) is 9.51. The van der Waals surface area contributed by atoms with Crippen LogP contribution in [0.3, 0.4) is 0 Å². The van der Waals surface area contributed by atoms with Crippen LogP contribution in [0.15, 0.2) is 42.7 Å². The number of rotatable bonds is 9. The fourth-order valence-corrected chi connectivity index (χ4v) is 4.44. The fraction of sp³-hybridized carbons (Fsp3) is 0.500. The van der Waals surface area contributed by atoms with Gasteiger partial charge in [-0.2, -0.15) is 5.10 Å². The first-order valence-electron chi connectivity index (χ1n) is 11.5. The summed E-state index contributed by atoms with van der Waals surface area (Å²) in [6, 6.07) is 4.36. The van der Waals surface area contributed by atoms with Crippen LogP contribution >= 0.6 is 0 Å². The molecule has 32 heavy (non-hydrogen) atoms. The number of hydrogen-bond acceptors (Lipinski definition) is 5. The summed E-state index contributed by atoms with van der Waals surface area (Å²) in [4.78, 5) is 4.55. The molecule has 1 N–H and O–H groups in total. The number of allylic oxidation sites excluding steroid dienone is 1. The van der Waals surface area contributed by atoms with Crippen molar-refractivity contribution in [3.8, 4) is 0 Å². The maximum Gasteiger partial charge on any atom is 0.115 e. The Morgan fingerprint density at radius 3 is 2.81 bits per heavy atom. The highest BCUT2D eigenvalue weighted by molar-refractivity contribution is 5.86.